The first-order valence-corrected chi connectivity index (χ1v) is 10.7. The van der Waals surface area contributed by atoms with Gasteiger partial charge in [0.05, 0.1) is 17.6 Å². The fraction of sp³-hybridized carbons (Fsp3) is 0.652. The molecule has 1 aliphatic heterocycles. The number of hydrogen-bond donors (Lipinski definition) is 0. The van der Waals surface area contributed by atoms with Crippen molar-refractivity contribution in [2.75, 3.05) is 19.7 Å². The van der Waals surface area contributed by atoms with E-state index in [2.05, 4.69) is 11.0 Å². The monoisotopic (exact) mass is 367 g/mol. The Kier molecular flexibility index (Phi) is 4.25. The van der Waals surface area contributed by atoms with Crippen molar-refractivity contribution >= 4 is 11.9 Å². The molecule has 4 heteroatoms. The maximum absolute atomic E-state index is 13.2. The second kappa shape index (κ2) is 6.65. The Morgan fingerprint density at radius 1 is 1.11 bits per heavy atom. The van der Waals surface area contributed by atoms with Gasteiger partial charge in [0.2, 0.25) is 5.91 Å². The quantitative estimate of drug-likeness (QED) is 0.745. The first kappa shape index (κ1) is 17.3. The Morgan fingerprint density at radius 3 is 2.59 bits per heavy atom. The summed E-state index contributed by atoms with van der Waals surface area (Å²) in [6.07, 6.45) is 9.87. The topological polar surface area (TPSA) is 46.6 Å². The Morgan fingerprint density at radius 2 is 1.89 bits per heavy atom. The number of amides is 1. The summed E-state index contributed by atoms with van der Waals surface area (Å²) in [4.78, 5) is 28.0. The SMILES string of the molecule is O=C(OCC1CCC1)c1cccc2c1CC1(CCN(CC3CCC3)C1=O)C2. The molecule has 4 nitrogen and oxygen atoms in total. The Balaban J connectivity index is 1.30. The highest BCUT2D eigenvalue weighted by Crippen LogP contribution is 2.46. The van der Waals surface area contributed by atoms with Crippen LogP contribution >= 0.6 is 0 Å². The molecule has 0 bridgehead atoms. The van der Waals surface area contributed by atoms with Crippen molar-refractivity contribution in [3.8, 4) is 0 Å². The number of carbonyl (C=O) groups is 2. The molecule has 1 saturated heterocycles. The van der Waals surface area contributed by atoms with Gasteiger partial charge in [-0.15, -0.1) is 0 Å². The molecule has 1 heterocycles. The van der Waals surface area contributed by atoms with Crippen LogP contribution in [0.1, 0.15) is 66.4 Å². The van der Waals surface area contributed by atoms with Crippen LogP contribution in [-0.2, 0) is 22.4 Å². The van der Waals surface area contributed by atoms with E-state index in [1.54, 1.807) is 0 Å². The van der Waals surface area contributed by atoms with E-state index in [0.29, 0.717) is 36.3 Å². The molecule has 1 spiro atoms. The van der Waals surface area contributed by atoms with Crippen LogP contribution in [0.15, 0.2) is 18.2 Å². The summed E-state index contributed by atoms with van der Waals surface area (Å²) in [7, 11) is 0. The molecule has 1 aromatic carbocycles. The molecule has 1 unspecified atom stereocenters. The molecule has 0 aromatic heterocycles. The van der Waals surface area contributed by atoms with Crippen molar-refractivity contribution in [1.29, 1.82) is 0 Å². The first-order chi connectivity index (χ1) is 13.1. The Labute approximate surface area is 161 Å². The summed E-state index contributed by atoms with van der Waals surface area (Å²) < 4.78 is 5.60. The third-order valence-electron chi connectivity index (χ3n) is 7.52. The third-order valence-corrected chi connectivity index (χ3v) is 7.52. The number of benzene rings is 1. The van der Waals surface area contributed by atoms with Gasteiger partial charge in [0.25, 0.3) is 0 Å². The highest BCUT2D eigenvalue weighted by atomic mass is 16.5. The summed E-state index contributed by atoms with van der Waals surface area (Å²) in [5.74, 6) is 1.38. The zero-order valence-electron chi connectivity index (χ0n) is 16.0. The molecule has 3 fully saturated rings. The summed E-state index contributed by atoms with van der Waals surface area (Å²) >= 11 is 0. The van der Waals surface area contributed by atoms with Crippen LogP contribution in [0.5, 0.6) is 0 Å². The number of ether oxygens (including phenoxy) is 1. The average molecular weight is 367 g/mol. The standard InChI is InChI=1S/C23H29NO3/c25-21(27-15-17-6-2-7-17)19-9-3-8-18-12-23(13-20(18)19)10-11-24(22(23)26)14-16-4-1-5-16/h3,8-9,16-17H,1-2,4-7,10-15H2. The van der Waals surface area contributed by atoms with Gasteiger partial charge < -0.3 is 9.64 Å². The predicted octanol–water partition coefficient (Wildman–Crippen LogP) is 3.76. The van der Waals surface area contributed by atoms with Gasteiger partial charge in [-0.25, -0.2) is 4.79 Å². The van der Waals surface area contributed by atoms with E-state index in [0.717, 1.165) is 31.5 Å². The van der Waals surface area contributed by atoms with Crippen LogP contribution in [0.2, 0.25) is 0 Å². The van der Waals surface area contributed by atoms with Crippen LogP contribution in [0, 0.1) is 17.3 Å². The van der Waals surface area contributed by atoms with Crippen LogP contribution < -0.4 is 0 Å². The summed E-state index contributed by atoms with van der Waals surface area (Å²) in [5, 5.41) is 0. The molecule has 4 aliphatic rings. The smallest absolute Gasteiger partial charge is 0.338 e. The molecular weight excluding hydrogens is 338 g/mol. The number of rotatable bonds is 5. The summed E-state index contributed by atoms with van der Waals surface area (Å²) in [6.45, 7) is 2.36. The Bertz CT molecular complexity index is 765. The van der Waals surface area contributed by atoms with Crippen molar-refractivity contribution in [1.82, 2.24) is 4.90 Å². The van der Waals surface area contributed by atoms with Crippen LogP contribution in [-0.4, -0.2) is 36.5 Å². The van der Waals surface area contributed by atoms with Crippen molar-refractivity contribution in [3.63, 3.8) is 0 Å². The van der Waals surface area contributed by atoms with Gasteiger partial charge in [0.15, 0.2) is 0 Å². The first-order valence-electron chi connectivity index (χ1n) is 10.7. The lowest BCUT2D eigenvalue weighted by molar-refractivity contribution is -0.136. The van der Waals surface area contributed by atoms with Crippen LogP contribution in [0.3, 0.4) is 0 Å². The van der Waals surface area contributed by atoms with Gasteiger partial charge in [-0.05, 0) is 74.0 Å². The van der Waals surface area contributed by atoms with Gasteiger partial charge in [0, 0.05) is 13.1 Å². The number of nitrogens with zero attached hydrogens (tertiary/aromatic N) is 1. The van der Waals surface area contributed by atoms with Crippen LogP contribution in [0.4, 0.5) is 0 Å². The fourth-order valence-corrected chi connectivity index (χ4v) is 5.28. The highest BCUT2D eigenvalue weighted by molar-refractivity contribution is 5.93. The molecule has 144 valence electrons. The van der Waals surface area contributed by atoms with E-state index in [1.165, 1.54) is 44.1 Å². The molecule has 3 aliphatic carbocycles. The average Bonchev–Trinajstić information content (AvgIpc) is 3.10. The zero-order chi connectivity index (χ0) is 18.4. The second-order valence-corrected chi connectivity index (χ2v) is 9.27. The molecular formula is C23H29NO3. The molecule has 5 rings (SSSR count). The van der Waals surface area contributed by atoms with Gasteiger partial charge in [-0.1, -0.05) is 25.0 Å². The number of hydrogen-bond acceptors (Lipinski definition) is 3. The van der Waals surface area contributed by atoms with Crippen LogP contribution in [0.25, 0.3) is 0 Å². The molecule has 2 saturated carbocycles. The summed E-state index contributed by atoms with van der Waals surface area (Å²) in [6, 6.07) is 5.92. The molecule has 27 heavy (non-hydrogen) atoms. The maximum atomic E-state index is 13.2. The largest absolute Gasteiger partial charge is 0.462 e. The van der Waals surface area contributed by atoms with E-state index in [-0.39, 0.29) is 11.4 Å². The predicted molar refractivity (Wildman–Crippen MR) is 102 cm³/mol. The van der Waals surface area contributed by atoms with E-state index in [9.17, 15) is 9.59 Å². The maximum Gasteiger partial charge on any atom is 0.338 e. The van der Waals surface area contributed by atoms with Gasteiger partial charge >= 0.3 is 5.97 Å². The Hall–Kier alpha value is -1.84. The summed E-state index contributed by atoms with van der Waals surface area (Å²) in [5.41, 5.74) is 2.62. The van der Waals surface area contributed by atoms with Crippen molar-refractivity contribution < 1.29 is 14.3 Å². The molecule has 0 N–H and O–H groups in total. The van der Waals surface area contributed by atoms with Gasteiger partial charge in [-0.2, -0.15) is 0 Å². The van der Waals surface area contributed by atoms with Crippen molar-refractivity contribution in [2.24, 2.45) is 17.3 Å². The van der Waals surface area contributed by atoms with Gasteiger partial charge in [-0.3, -0.25) is 4.79 Å². The lowest BCUT2D eigenvalue weighted by Gasteiger charge is -2.31. The molecule has 1 aromatic rings. The normalized spacial score (nSPS) is 27.6. The number of fused-ring (bicyclic) bond motifs is 1. The van der Waals surface area contributed by atoms with Crippen molar-refractivity contribution in [2.45, 2.75) is 57.8 Å². The number of esters is 1. The van der Waals surface area contributed by atoms with E-state index in [1.807, 2.05) is 12.1 Å². The van der Waals surface area contributed by atoms with Gasteiger partial charge in [0.1, 0.15) is 0 Å². The fourth-order valence-electron chi connectivity index (χ4n) is 5.28. The lowest BCUT2D eigenvalue weighted by atomic mass is 9.82. The van der Waals surface area contributed by atoms with E-state index in [4.69, 9.17) is 4.74 Å². The second-order valence-electron chi connectivity index (χ2n) is 9.27. The van der Waals surface area contributed by atoms with E-state index >= 15 is 0 Å². The number of carbonyl (C=O) groups excluding carboxylic acids is 2. The van der Waals surface area contributed by atoms with Crippen molar-refractivity contribution in [3.05, 3.63) is 34.9 Å². The third kappa shape index (κ3) is 2.97. The minimum Gasteiger partial charge on any atom is -0.462 e. The minimum absolute atomic E-state index is 0.201. The zero-order valence-corrected chi connectivity index (χ0v) is 16.0. The lowest BCUT2D eigenvalue weighted by Crippen LogP contribution is -2.39. The molecule has 1 amide bonds. The highest BCUT2D eigenvalue weighted by Gasteiger charge is 2.51. The number of likely N-dealkylation sites (tertiary alicyclic amines) is 1. The molecule has 0 radical (unpaired) electrons. The molecule has 1 atom stereocenters. The van der Waals surface area contributed by atoms with E-state index < -0.39 is 0 Å². The minimum atomic E-state index is -0.309.